The first-order valence-electron chi connectivity index (χ1n) is 11.0. The normalized spacial score (nSPS) is 13.0. The second-order valence-corrected chi connectivity index (χ2v) is 10.7. The molecule has 1 aliphatic carbocycles. The van der Waals surface area contributed by atoms with Crippen LogP contribution in [0.4, 0.5) is 5.00 Å². The number of nitrogens with one attached hydrogen (secondary N) is 2. The van der Waals surface area contributed by atoms with E-state index in [1.165, 1.54) is 23.1 Å². The molecule has 2 amide bonds. The minimum absolute atomic E-state index is 0.0102. The van der Waals surface area contributed by atoms with Crippen molar-refractivity contribution in [3.8, 4) is 22.5 Å². The van der Waals surface area contributed by atoms with E-state index in [2.05, 4.69) is 15.8 Å². The molecule has 1 aliphatic rings. The molecule has 5 rings (SSSR count). The molecule has 2 heterocycles. The van der Waals surface area contributed by atoms with Crippen LogP contribution in [0, 0.1) is 6.92 Å². The molecular weight excluding hydrogens is 504 g/mol. The van der Waals surface area contributed by atoms with Gasteiger partial charge < -0.3 is 15.2 Å². The largest absolute Gasteiger partial charge is 0.360 e. The van der Waals surface area contributed by atoms with Crippen LogP contribution in [0.1, 0.15) is 29.0 Å². The number of benzene rings is 2. The maximum Gasteiger partial charge on any atom is 0.262 e. The number of aryl methyl sites for hydroxylation is 1. The van der Waals surface area contributed by atoms with Crippen LogP contribution in [0.15, 0.2) is 63.5 Å². The standard InChI is InChI=1S/C25H21ClN4O3S2/c1-14-20(22(30-33-14)17-9-5-6-10-18(17)26)23(32)29-24-21(15-7-3-2-4-8-15)28-25(35-24)34-13-19(31)27-16-11-12-16/h2-10,16H,11-13H2,1H3,(H,27,31)(H,29,32). The van der Waals surface area contributed by atoms with Crippen LogP contribution in [0.5, 0.6) is 0 Å². The Morgan fingerprint density at radius 2 is 1.86 bits per heavy atom. The van der Waals surface area contributed by atoms with Gasteiger partial charge in [-0.05, 0) is 25.8 Å². The molecule has 10 heteroatoms. The van der Waals surface area contributed by atoms with E-state index in [9.17, 15) is 9.59 Å². The smallest absolute Gasteiger partial charge is 0.262 e. The summed E-state index contributed by atoms with van der Waals surface area (Å²) in [4.78, 5) is 30.3. The van der Waals surface area contributed by atoms with Crippen LogP contribution in [0.25, 0.3) is 22.5 Å². The van der Waals surface area contributed by atoms with E-state index >= 15 is 0 Å². The van der Waals surface area contributed by atoms with Crippen LogP contribution < -0.4 is 10.6 Å². The molecule has 0 saturated heterocycles. The summed E-state index contributed by atoms with van der Waals surface area (Å²) in [5, 5.41) is 11.1. The Bertz CT molecular complexity index is 1380. The predicted octanol–water partition coefficient (Wildman–Crippen LogP) is 6.05. The van der Waals surface area contributed by atoms with Gasteiger partial charge in [-0.25, -0.2) is 4.98 Å². The zero-order chi connectivity index (χ0) is 24.4. The Balaban J connectivity index is 1.43. The lowest BCUT2D eigenvalue weighted by Crippen LogP contribution is -2.26. The lowest BCUT2D eigenvalue weighted by molar-refractivity contribution is -0.118. The Labute approximate surface area is 215 Å². The zero-order valence-corrected chi connectivity index (χ0v) is 21.1. The Morgan fingerprint density at radius 1 is 1.11 bits per heavy atom. The van der Waals surface area contributed by atoms with Crippen molar-refractivity contribution in [3.63, 3.8) is 0 Å². The molecule has 2 aromatic heterocycles. The van der Waals surface area contributed by atoms with Gasteiger partial charge in [0.05, 0.1) is 10.8 Å². The third kappa shape index (κ3) is 5.42. The summed E-state index contributed by atoms with van der Waals surface area (Å²) >= 11 is 9.04. The summed E-state index contributed by atoms with van der Waals surface area (Å²) in [7, 11) is 0. The van der Waals surface area contributed by atoms with Crippen LogP contribution in [0.2, 0.25) is 5.02 Å². The van der Waals surface area contributed by atoms with E-state index in [1.54, 1.807) is 19.1 Å². The maximum atomic E-state index is 13.4. The average Bonchev–Trinajstić information content (AvgIpc) is 3.45. The monoisotopic (exact) mass is 524 g/mol. The summed E-state index contributed by atoms with van der Waals surface area (Å²) in [6.07, 6.45) is 2.08. The van der Waals surface area contributed by atoms with Crippen LogP contribution >= 0.6 is 34.7 Å². The highest BCUT2D eigenvalue weighted by Crippen LogP contribution is 2.39. The highest BCUT2D eigenvalue weighted by atomic mass is 35.5. The van der Waals surface area contributed by atoms with Gasteiger partial charge in [0.25, 0.3) is 5.91 Å². The van der Waals surface area contributed by atoms with Gasteiger partial charge in [-0.3, -0.25) is 9.59 Å². The second kappa shape index (κ2) is 10.2. The fourth-order valence-electron chi connectivity index (χ4n) is 3.51. The molecule has 0 bridgehead atoms. The van der Waals surface area contributed by atoms with E-state index in [4.69, 9.17) is 21.1 Å². The van der Waals surface area contributed by atoms with Crippen molar-refractivity contribution in [3.05, 3.63) is 70.9 Å². The van der Waals surface area contributed by atoms with E-state index in [0.717, 1.165) is 18.4 Å². The number of carbonyl (C=O) groups excluding carboxylic acids is 2. The summed E-state index contributed by atoms with van der Waals surface area (Å²) in [6, 6.07) is 17.1. The molecule has 4 aromatic rings. The van der Waals surface area contributed by atoms with Crippen molar-refractivity contribution >= 4 is 51.5 Å². The number of hydrogen-bond acceptors (Lipinski definition) is 7. The number of halogens is 1. The van der Waals surface area contributed by atoms with Crippen molar-refractivity contribution in [1.82, 2.24) is 15.5 Å². The number of rotatable bonds is 8. The molecule has 7 nitrogen and oxygen atoms in total. The van der Waals surface area contributed by atoms with Crippen molar-refractivity contribution in [2.24, 2.45) is 0 Å². The van der Waals surface area contributed by atoms with E-state index in [-0.39, 0.29) is 17.6 Å². The van der Waals surface area contributed by atoms with E-state index in [1.807, 2.05) is 42.5 Å². The van der Waals surface area contributed by atoms with Crippen molar-refractivity contribution in [2.45, 2.75) is 30.1 Å². The number of aromatic nitrogens is 2. The van der Waals surface area contributed by atoms with Gasteiger partial charge in [0, 0.05) is 17.2 Å². The summed E-state index contributed by atoms with van der Waals surface area (Å²) in [5.41, 5.74) is 2.80. The molecule has 1 fully saturated rings. The first-order valence-corrected chi connectivity index (χ1v) is 13.2. The van der Waals surface area contributed by atoms with Crippen molar-refractivity contribution in [1.29, 1.82) is 0 Å². The number of carbonyl (C=O) groups is 2. The van der Waals surface area contributed by atoms with Crippen LogP contribution in [-0.4, -0.2) is 33.7 Å². The quantitative estimate of drug-likeness (QED) is 0.272. The van der Waals surface area contributed by atoms with Gasteiger partial charge in [0.2, 0.25) is 5.91 Å². The second-order valence-electron chi connectivity index (χ2n) is 8.05. The van der Waals surface area contributed by atoms with Gasteiger partial charge in [0.15, 0.2) is 4.34 Å². The Hall–Kier alpha value is -3.14. The molecule has 0 radical (unpaired) electrons. The minimum atomic E-state index is -0.373. The molecule has 1 saturated carbocycles. The third-order valence-corrected chi connectivity index (χ3v) is 7.81. The molecule has 0 atom stereocenters. The van der Waals surface area contributed by atoms with Gasteiger partial charge in [-0.1, -0.05) is 88.4 Å². The Kier molecular flexibility index (Phi) is 6.90. The number of anilines is 1. The zero-order valence-electron chi connectivity index (χ0n) is 18.7. The molecule has 178 valence electrons. The van der Waals surface area contributed by atoms with Gasteiger partial charge in [-0.15, -0.1) is 0 Å². The van der Waals surface area contributed by atoms with Crippen molar-refractivity contribution in [2.75, 3.05) is 11.1 Å². The number of amides is 2. The molecule has 0 unspecified atom stereocenters. The SMILES string of the molecule is Cc1onc(-c2ccccc2Cl)c1C(=O)Nc1sc(SCC(=O)NC2CC2)nc1-c1ccccc1. The first kappa shape index (κ1) is 23.6. The van der Waals surface area contributed by atoms with Gasteiger partial charge in [0.1, 0.15) is 27.7 Å². The maximum absolute atomic E-state index is 13.4. The summed E-state index contributed by atoms with van der Waals surface area (Å²) in [5.74, 6) is 0.272. The lowest BCUT2D eigenvalue weighted by Gasteiger charge is -2.07. The lowest BCUT2D eigenvalue weighted by atomic mass is 10.1. The topological polar surface area (TPSA) is 97.1 Å². The van der Waals surface area contributed by atoms with Gasteiger partial charge >= 0.3 is 0 Å². The van der Waals surface area contributed by atoms with E-state index < -0.39 is 0 Å². The number of hydrogen-bond donors (Lipinski definition) is 2. The van der Waals surface area contributed by atoms with Crippen molar-refractivity contribution < 1.29 is 14.1 Å². The molecule has 0 aliphatic heterocycles. The fraction of sp³-hybridized carbons (Fsp3) is 0.200. The third-order valence-electron chi connectivity index (χ3n) is 5.37. The summed E-state index contributed by atoms with van der Waals surface area (Å²) < 4.78 is 6.05. The Morgan fingerprint density at radius 3 is 2.60 bits per heavy atom. The number of thioether (sulfide) groups is 1. The average molecular weight is 525 g/mol. The number of nitrogens with zero attached hydrogens (tertiary/aromatic N) is 2. The summed E-state index contributed by atoms with van der Waals surface area (Å²) in [6.45, 7) is 1.69. The van der Waals surface area contributed by atoms with Gasteiger partial charge in [-0.2, -0.15) is 0 Å². The fourth-order valence-corrected chi connectivity index (χ4v) is 5.60. The first-order chi connectivity index (χ1) is 17.0. The van der Waals surface area contributed by atoms with E-state index in [0.29, 0.717) is 48.7 Å². The molecule has 35 heavy (non-hydrogen) atoms. The predicted molar refractivity (Wildman–Crippen MR) is 139 cm³/mol. The number of thiazole rings is 1. The molecule has 2 aromatic carbocycles. The molecular formula is C25H21ClN4O3S2. The molecule has 0 spiro atoms. The molecule has 2 N–H and O–H groups in total. The highest BCUT2D eigenvalue weighted by Gasteiger charge is 2.26. The van der Waals surface area contributed by atoms with Crippen LogP contribution in [0.3, 0.4) is 0 Å². The highest BCUT2D eigenvalue weighted by molar-refractivity contribution is 8.01. The van der Waals surface area contributed by atoms with Crippen LogP contribution in [-0.2, 0) is 4.79 Å². The minimum Gasteiger partial charge on any atom is -0.360 e.